The van der Waals surface area contributed by atoms with Gasteiger partial charge in [-0.3, -0.25) is 10.1 Å². The molecule has 0 amide bonds. The van der Waals surface area contributed by atoms with Crippen LogP contribution in [0.1, 0.15) is 5.56 Å². The lowest BCUT2D eigenvalue weighted by atomic mass is 10.1. The molecule has 2 aromatic rings. The molecule has 0 spiro atoms. The minimum atomic E-state index is -0.459. The Balaban J connectivity index is 2.64. The van der Waals surface area contributed by atoms with Gasteiger partial charge in [-0.2, -0.15) is 0 Å². The Bertz CT molecular complexity index is 548. The summed E-state index contributed by atoms with van der Waals surface area (Å²) >= 11 is 0. The van der Waals surface area contributed by atoms with Crippen molar-refractivity contribution in [3.63, 3.8) is 0 Å². The average molecular weight is 219 g/mol. The zero-order valence-corrected chi connectivity index (χ0v) is 8.51. The third-order valence-corrected chi connectivity index (χ3v) is 2.32. The van der Waals surface area contributed by atoms with E-state index in [-0.39, 0.29) is 11.6 Å². The van der Waals surface area contributed by atoms with Crippen molar-refractivity contribution in [3.05, 3.63) is 39.9 Å². The molecule has 82 valence electrons. The van der Waals surface area contributed by atoms with E-state index in [0.717, 1.165) is 0 Å². The number of nitro benzene ring substituents is 1. The van der Waals surface area contributed by atoms with Gasteiger partial charge in [-0.05, 0) is 13.0 Å². The summed E-state index contributed by atoms with van der Waals surface area (Å²) < 4.78 is 4.79. The van der Waals surface area contributed by atoms with Crippen molar-refractivity contribution < 1.29 is 9.45 Å². The van der Waals surface area contributed by atoms with E-state index in [9.17, 15) is 10.1 Å². The van der Waals surface area contributed by atoms with Crippen molar-refractivity contribution >= 4 is 11.6 Å². The number of benzene rings is 1. The molecular weight excluding hydrogens is 210 g/mol. The minimum absolute atomic E-state index is 0.0149. The summed E-state index contributed by atoms with van der Waals surface area (Å²) in [6.07, 6.45) is 0. The van der Waals surface area contributed by atoms with Gasteiger partial charge in [-0.15, -0.1) is 0 Å². The van der Waals surface area contributed by atoms with Crippen LogP contribution in [0.15, 0.2) is 28.8 Å². The van der Waals surface area contributed by atoms with Gasteiger partial charge in [0.25, 0.3) is 5.69 Å². The van der Waals surface area contributed by atoms with Crippen molar-refractivity contribution in [2.45, 2.75) is 6.92 Å². The molecule has 16 heavy (non-hydrogen) atoms. The summed E-state index contributed by atoms with van der Waals surface area (Å²) in [7, 11) is 0. The predicted molar refractivity (Wildman–Crippen MR) is 57.7 cm³/mol. The first-order chi connectivity index (χ1) is 7.61. The number of anilines is 1. The standard InChI is InChI=1S/C10H9N3O3/c1-6-9(12-16-10(6)11)7-4-2-3-5-8(7)13(14)15/h2-5H,11H2,1H3. The Hall–Kier alpha value is -2.37. The fourth-order valence-electron chi connectivity index (χ4n) is 1.43. The molecule has 6 heteroatoms. The van der Waals surface area contributed by atoms with Crippen LogP contribution in [0.5, 0.6) is 0 Å². The second kappa shape index (κ2) is 3.65. The Morgan fingerprint density at radius 1 is 1.44 bits per heavy atom. The van der Waals surface area contributed by atoms with Gasteiger partial charge in [-0.1, -0.05) is 17.3 Å². The van der Waals surface area contributed by atoms with Crippen molar-refractivity contribution in [1.29, 1.82) is 0 Å². The van der Waals surface area contributed by atoms with Crippen molar-refractivity contribution in [2.75, 3.05) is 5.73 Å². The van der Waals surface area contributed by atoms with Gasteiger partial charge in [0, 0.05) is 11.6 Å². The molecule has 0 aliphatic carbocycles. The molecule has 0 fully saturated rings. The van der Waals surface area contributed by atoms with Gasteiger partial charge < -0.3 is 10.3 Å². The molecule has 2 N–H and O–H groups in total. The van der Waals surface area contributed by atoms with Gasteiger partial charge in [0.05, 0.1) is 10.5 Å². The van der Waals surface area contributed by atoms with E-state index in [2.05, 4.69) is 5.16 Å². The SMILES string of the molecule is Cc1c(-c2ccccc2[N+](=O)[O-])noc1N. The van der Waals surface area contributed by atoms with Crippen molar-refractivity contribution in [1.82, 2.24) is 5.16 Å². The molecule has 6 nitrogen and oxygen atoms in total. The monoisotopic (exact) mass is 219 g/mol. The maximum Gasteiger partial charge on any atom is 0.278 e. The lowest BCUT2D eigenvalue weighted by molar-refractivity contribution is -0.384. The highest BCUT2D eigenvalue weighted by molar-refractivity contribution is 5.74. The Labute approximate surface area is 90.8 Å². The molecule has 0 radical (unpaired) electrons. The highest BCUT2D eigenvalue weighted by Gasteiger charge is 2.20. The largest absolute Gasteiger partial charge is 0.367 e. The van der Waals surface area contributed by atoms with Gasteiger partial charge in [-0.25, -0.2) is 0 Å². The highest BCUT2D eigenvalue weighted by Crippen LogP contribution is 2.32. The van der Waals surface area contributed by atoms with Crippen LogP contribution in [0, 0.1) is 17.0 Å². The van der Waals surface area contributed by atoms with E-state index < -0.39 is 4.92 Å². The number of hydrogen-bond acceptors (Lipinski definition) is 5. The van der Waals surface area contributed by atoms with Gasteiger partial charge in [0.15, 0.2) is 0 Å². The maximum atomic E-state index is 10.8. The molecule has 0 saturated heterocycles. The van der Waals surface area contributed by atoms with E-state index in [1.807, 2.05) is 0 Å². The molecule has 0 aliphatic heterocycles. The smallest absolute Gasteiger partial charge is 0.278 e. The summed E-state index contributed by atoms with van der Waals surface area (Å²) in [6.45, 7) is 1.71. The minimum Gasteiger partial charge on any atom is -0.367 e. The number of nitrogen functional groups attached to an aromatic ring is 1. The quantitative estimate of drug-likeness (QED) is 0.616. The summed E-state index contributed by atoms with van der Waals surface area (Å²) in [5.41, 5.74) is 6.91. The van der Waals surface area contributed by atoms with Gasteiger partial charge >= 0.3 is 0 Å². The molecule has 1 heterocycles. The van der Waals surface area contributed by atoms with Gasteiger partial charge in [0.2, 0.25) is 5.88 Å². The van der Waals surface area contributed by atoms with E-state index in [1.54, 1.807) is 25.1 Å². The maximum absolute atomic E-state index is 10.8. The van der Waals surface area contributed by atoms with Crippen molar-refractivity contribution in [3.8, 4) is 11.3 Å². The van der Waals surface area contributed by atoms with E-state index in [0.29, 0.717) is 16.8 Å². The molecule has 0 atom stereocenters. The fraction of sp³-hybridized carbons (Fsp3) is 0.100. The highest BCUT2D eigenvalue weighted by atomic mass is 16.6. The number of hydrogen-bond donors (Lipinski definition) is 1. The third kappa shape index (κ3) is 1.50. The number of rotatable bonds is 2. The zero-order chi connectivity index (χ0) is 11.7. The average Bonchev–Trinajstić information content (AvgIpc) is 2.60. The number of nitrogens with zero attached hydrogens (tertiary/aromatic N) is 2. The number of aromatic nitrogens is 1. The first-order valence-corrected chi connectivity index (χ1v) is 4.57. The molecule has 0 bridgehead atoms. The zero-order valence-electron chi connectivity index (χ0n) is 8.51. The number of nitrogens with two attached hydrogens (primary N) is 1. The van der Waals surface area contributed by atoms with Crippen LogP contribution < -0.4 is 5.73 Å². The first kappa shape index (κ1) is 10.2. The van der Waals surface area contributed by atoms with Crippen molar-refractivity contribution in [2.24, 2.45) is 0 Å². The first-order valence-electron chi connectivity index (χ1n) is 4.57. The van der Waals surface area contributed by atoms with Crippen LogP contribution in [0.4, 0.5) is 11.6 Å². The summed E-state index contributed by atoms with van der Waals surface area (Å²) in [5.74, 6) is 0.174. The second-order valence-electron chi connectivity index (χ2n) is 3.29. The lowest BCUT2D eigenvalue weighted by Crippen LogP contribution is -1.93. The normalized spacial score (nSPS) is 10.3. The fourth-order valence-corrected chi connectivity index (χ4v) is 1.43. The lowest BCUT2D eigenvalue weighted by Gasteiger charge is -1.99. The van der Waals surface area contributed by atoms with Crippen LogP contribution in [0.3, 0.4) is 0 Å². The van der Waals surface area contributed by atoms with Crippen LogP contribution >= 0.6 is 0 Å². The van der Waals surface area contributed by atoms with E-state index in [1.165, 1.54) is 6.07 Å². The van der Waals surface area contributed by atoms with E-state index in [4.69, 9.17) is 10.3 Å². The van der Waals surface area contributed by atoms with E-state index >= 15 is 0 Å². The van der Waals surface area contributed by atoms with Crippen LogP contribution in [0.2, 0.25) is 0 Å². The van der Waals surface area contributed by atoms with Crippen LogP contribution in [-0.4, -0.2) is 10.1 Å². The van der Waals surface area contributed by atoms with Gasteiger partial charge in [0.1, 0.15) is 5.69 Å². The second-order valence-corrected chi connectivity index (χ2v) is 3.29. The summed E-state index contributed by atoms with van der Waals surface area (Å²) in [5, 5.41) is 14.6. The topological polar surface area (TPSA) is 95.2 Å². The molecule has 2 rings (SSSR count). The number of nitro groups is 1. The Kier molecular flexibility index (Phi) is 2.32. The third-order valence-electron chi connectivity index (χ3n) is 2.32. The molecule has 0 aliphatic rings. The number of para-hydroxylation sites is 1. The molecule has 0 unspecified atom stereocenters. The van der Waals surface area contributed by atoms with Crippen LogP contribution in [-0.2, 0) is 0 Å². The van der Waals surface area contributed by atoms with Crippen LogP contribution in [0.25, 0.3) is 11.3 Å². The summed E-state index contributed by atoms with van der Waals surface area (Å²) in [4.78, 5) is 10.4. The Morgan fingerprint density at radius 2 is 2.12 bits per heavy atom. The summed E-state index contributed by atoms with van der Waals surface area (Å²) in [6, 6.07) is 6.33. The molecular formula is C10H9N3O3. The Morgan fingerprint density at radius 3 is 2.69 bits per heavy atom. The molecule has 1 aromatic carbocycles. The predicted octanol–water partition coefficient (Wildman–Crippen LogP) is 2.14. The molecule has 1 aromatic heterocycles. The molecule has 0 saturated carbocycles.